The van der Waals surface area contributed by atoms with E-state index in [2.05, 4.69) is 13.8 Å². The molecule has 0 aromatic carbocycles. The van der Waals surface area contributed by atoms with Crippen molar-refractivity contribution in [3.05, 3.63) is 24.3 Å². The van der Waals surface area contributed by atoms with Gasteiger partial charge in [-0.3, -0.25) is 14.4 Å². The van der Waals surface area contributed by atoms with Gasteiger partial charge in [-0.2, -0.15) is 0 Å². The average Bonchev–Trinajstić information content (AvgIpc) is 3.17. The van der Waals surface area contributed by atoms with Gasteiger partial charge >= 0.3 is 11.9 Å². The van der Waals surface area contributed by atoms with Gasteiger partial charge in [-0.25, -0.2) is 9.78 Å². The van der Waals surface area contributed by atoms with Gasteiger partial charge in [-0.1, -0.05) is 45.9 Å². The molecule has 0 aromatic rings. The second-order valence-corrected chi connectivity index (χ2v) is 17.5. The highest BCUT2D eigenvalue weighted by molar-refractivity contribution is 5.91. The molecule has 0 aliphatic carbocycles. The summed E-state index contributed by atoms with van der Waals surface area (Å²) in [6.45, 7) is 15.5. The summed E-state index contributed by atoms with van der Waals surface area (Å²) in [7, 11) is 6.42. The molecule has 0 spiro atoms. The number of cyclic esters (lactones) is 1. The number of aliphatic hydroxyl groups is 1. The van der Waals surface area contributed by atoms with Crippen molar-refractivity contribution in [1.82, 2.24) is 4.90 Å². The Balaban J connectivity index is 1.99. The Kier molecular flexibility index (Phi) is 22.1. The lowest BCUT2D eigenvalue weighted by molar-refractivity contribution is -0.407. The summed E-state index contributed by atoms with van der Waals surface area (Å²) >= 11 is 0. The normalized spacial score (nSPS) is 38.2. The first kappa shape index (κ1) is 52.7. The molecule has 3 heterocycles. The van der Waals surface area contributed by atoms with Crippen LogP contribution in [0.15, 0.2) is 24.3 Å². The predicted octanol–water partition coefficient (Wildman–Crippen LogP) is 5.06. The van der Waals surface area contributed by atoms with Gasteiger partial charge in [0.05, 0.1) is 37.9 Å². The van der Waals surface area contributed by atoms with E-state index in [1.165, 1.54) is 20.3 Å². The molecule has 2 saturated heterocycles. The molecule has 3 aliphatic rings. The second-order valence-electron chi connectivity index (χ2n) is 17.5. The van der Waals surface area contributed by atoms with Crippen molar-refractivity contribution in [2.75, 3.05) is 34.9 Å². The SMILES string of the molecule is CCC(=O)O[C@@H]1CC(=O)O[C@H](C)C/C=C/C=C/C(=O)[C@H](C)C[C@H](CC=O)[C@H](O[C@@H]2O[C@H](C)[C@@H](O[C@H]3C[C@@](C)(OOC)[C@@H](OCCCC(C)C)[C@H](C)O3)[C@H](N(C)C)[C@H]2O)C1OC. The summed E-state index contributed by atoms with van der Waals surface area (Å²) < 4.78 is 50.1. The lowest BCUT2D eigenvalue weighted by atomic mass is 9.83. The fourth-order valence-corrected chi connectivity index (χ4v) is 8.54. The zero-order valence-corrected chi connectivity index (χ0v) is 38.5. The van der Waals surface area contributed by atoms with E-state index >= 15 is 0 Å². The minimum absolute atomic E-state index is 0.00438. The van der Waals surface area contributed by atoms with Crippen molar-refractivity contribution >= 4 is 24.0 Å². The number of ketones is 1. The second kappa shape index (κ2) is 25.6. The molecule has 16 nitrogen and oxygen atoms in total. The minimum Gasteiger partial charge on any atom is -0.462 e. The summed E-state index contributed by atoms with van der Waals surface area (Å²) in [6, 6.07) is -0.729. The van der Waals surface area contributed by atoms with Crippen LogP contribution in [0.2, 0.25) is 0 Å². The fourth-order valence-electron chi connectivity index (χ4n) is 8.54. The molecule has 1 unspecified atom stereocenters. The largest absolute Gasteiger partial charge is 0.462 e. The zero-order chi connectivity index (χ0) is 45.4. The highest BCUT2D eigenvalue weighted by Crippen LogP contribution is 2.39. The van der Waals surface area contributed by atoms with Crippen LogP contribution in [0, 0.1) is 17.8 Å². The number of allylic oxidation sites excluding steroid dienone is 3. The molecule has 61 heavy (non-hydrogen) atoms. The van der Waals surface area contributed by atoms with Gasteiger partial charge in [0.15, 0.2) is 18.4 Å². The third-order valence-electron chi connectivity index (χ3n) is 11.7. The fraction of sp³-hybridized carbons (Fsp3) is 0.822. The van der Waals surface area contributed by atoms with Crippen molar-refractivity contribution in [1.29, 1.82) is 0 Å². The van der Waals surface area contributed by atoms with E-state index in [9.17, 15) is 24.3 Å². The van der Waals surface area contributed by atoms with Crippen molar-refractivity contribution in [2.24, 2.45) is 17.8 Å². The quantitative estimate of drug-likeness (QED) is 0.0672. The van der Waals surface area contributed by atoms with Crippen LogP contribution in [-0.2, 0) is 66.8 Å². The Bertz CT molecular complexity index is 1420. The number of nitrogens with zero attached hydrogens (tertiary/aromatic N) is 1. The van der Waals surface area contributed by atoms with Crippen LogP contribution in [0.5, 0.6) is 0 Å². The first-order valence-electron chi connectivity index (χ1n) is 21.9. The number of ether oxygens (including phenoxy) is 8. The molecule has 0 amide bonds. The van der Waals surface area contributed by atoms with E-state index < -0.39 is 109 Å². The number of likely N-dealkylation sites (N-methyl/N-ethyl adjacent to an activating group) is 1. The Morgan fingerprint density at radius 3 is 2.38 bits per heavy atom. The molecule has 3 aliphatic heterocycles. The van der Waals surface area contributed by atoms with Gasteiger partial charge in [0.25, 0.3) is 0 Å². The Morgan fingerprint density at radius 1 is 1.03 bits per heavy atom. The van der Waals surface area contributed by atoms with Crippen molar-refractivity contribution < 1.29 is 72.0 Å². The third-order valence-corrected chi connectivity index (χ3v) is 11.7. The molecule has 0 bridgehead atoms. The molecular formula is C45H75NO15. The maximum absolute atomic E-state index is 13.4. The standard InChI is InChI=1S/C45H75NO15/c1-13-35(49)58-34-25-36(50)55-29(5)19-15-14-16-20-33(48)28(4)24-32(21-22-47)41(42(34)52-11)60-44-39(51)38(46(9)10)40(30(6)57-44)59-37-26-45(8,61-53-12)43(31(7)56-37)54-23-17-18-27(2)3/h14-16,20,22,27-32,34,37-44,51H,13,17-19,21,23-26H2,1-12H3/b15-14+,20-16+/t28-,29-,30-,31+,32+,34-,37+,38-,39-,40-,41+,42?,43+,44+,45-/m1/s1. The first-order valence-corrected chi connectivity index (χ1v) is 21.9. The van der Waals surface area contributed by atoms with E-state index in [1.54, 1.807) is 60.0 Å². The highest BCUT2D eigenvalue weighted by Gasteiger charge is 2.53. The average molecular weight is 870 g/mol. The summed E-state index contributed by atoms with van der Waals surface area (Å²) in [5, 5.41) is 12.2. The van der Waals surface area contributed by atoms with Crippen LogP contribution in [0.25, 0.3) is 0 Å². The summed E-state index contributed by atoms with van der Waals surface area (Å²) in [4.78, 5) is 64.8. The summed E-state index contributed by atoms with van der Waals surface area (Å²) in [6.07, 6.45) is -0.483. The van der Waals surface area contributed by atoms with Gasteiger partial charge in [0.2, 0.25) is 0 Å². The van der Waals surface area contributed by atoms with Crippen LogP contribution < -0.4 is 0 Å². The van der Waals surface area contributed by atoms with Gasteiger partial charge < -0.3 is 52.7 Å². The molecule has 0 saturated carbocycles. The number of esters is 2. The molecule has 2 fully saturated rings. The topological polar surface area (TPSA) is 184 Å². The lowest BCUT2D eigenvalue weighted by Gasteiger charge is -2.50. The van der Waals surface area contributed by atoms with Crippen LogP contribution in [-0.4, -0.2) is 148 Å². The monoisotopic (exact) mass is 870 g/mol. The lowest BCUT2D eigenvalue weighted by Crippen LogP contribution is -2.66. The molecule has 15 atom stereocenters. The molecule has 0 aromatic heterocycles. The Labute approximate surface area is 363 Å². The number of methoxy groups -OCH3 is 1. The number of rotatable bonds is 17. The predicted molar refractivity (Wildman–Crippen MR) is 224 cm³/mol. The Hall–Kier alpha value is -2.64. The van der Waals surface area contributed by atoms with Crippen LogP contribution in [0.4, 0.5) is 0 Å². The van der Waals surface area contributed by atoms with Crippen LogP contribution in [0.1, 0.15) is 107 Å². The van der Waals surface area contributed by atoms with E-state index in [0.29, 0.717) is 25.2 Å². The maximum Gasteiger partial charge on any atom is 0.309 e. The Morgan fingerprint density at radius 2 is 1.75 bits per heavy atom. The van der Waals surface area contributed by atoms with E-state index in [-0.39, 0.29) is 31.5 Å². The maximum atomic E-state index is 13.4. The molecular weight excluding hydrogens is 794 g/mol. The van der Waals surface area contributed by atoms with Gasteiger partial charge in [-0.15, -0.1) is 0 Å². The molecule has 350 valence electrons. The third kappa shape index (κ3) is 15.5. The van der Waals surface area contributed by atoms with Crippen LogP contribution in [0.3, 0.4) is 0 Å². The minimum atomic E-state index is -1.36. The van der Waals surface area contributed by atoms with E-state index in [0.717, 1.165) is 12.8 Å². The van der Waals surface area contributed by atoms with Gasteiger partial charge in [0.1, 0.15) is 48.5 Å². The number of carbonyl (C=O) groups is 4. The number of aliphatic hydroxyl groups excluding tert-OH is 1. The molecule has 16 heteroatoms. The van der Waals surface area contributed by atoms with Crippen molar-refractivity contribution in [3.63, 3.8) is 0 Å². The van der Waals surface area contributed by atoms with Crippen molar-refractivity contribution in [2.45, 2.75) is 186 Å². The summed E-state index contributed by atoms with van der Waals surface area (Å²) in [5.41, 5.74) is -0.939. The smallest absolute Gasteiger partial charge is 0.309 e. The molecule has 1 N–H and O–H groups in total. The zero-order valence-electron chi connectivity index (χ0n) is 38.5. The van der Waals surface area contributed by atoms with Gasteiger partial charge in [-0.05, 0) is 79.0 Å². The number of hydrogen-bond donors (Lipinski definition) is 1. The number of aldehydes is 1. The van der Waals surface area contributed by atoms with Crippen LogP contribution >= 0.6 is 0 Å². The van der Waals surface area contributed by atoms with Gasteiger partial charge in [0, 0.05) is 45.3 Å². The van der Waals surface area contributed by atoms with Crippen molar-refractivity contribution in [3.8, 4) is 0 Å². The first-order chi connectivity index (χ1) is 28.9. The van der Waals surface area contributed by atoms with E-state index in [1.807, 2.05) is 18.7 Å². The van der Waals surface area contributed by atoms with E-state index in [4.69, 9.17) is 47.7 Å². The summed E-state index contributed by atoms with van der Waals surface area (Å²) in [5.74, 6) is -2.18. The number of hydrogen-bond acceptors (Lipinski definition) is 16. The molecule has 3 rings (SSSR count). The highest BCUT2D eigenvalue weighted by atomic mass is 17.2. The number of carbonyl (C=O) groups excluding carboxylic acids is 4. The molecule has 0 radical (unpaired) electrons.